The summed E-state index contributed by atoms with van der Waals surface area (Å²) in [6, 6.07) is 20.3. The van der Waals surface area contributed by atoms with Crippen LogP contribution in [0, 0.1) is 5.82 Å². The van der Waals surface area contributed by atoms with Crippen LogP contribution in [0.15, 0.2) is 77.3 Å². The Balaban J connectivity index is 1.44. The first-order valence-electron chi connectivity index (χ1n) is 9.42. The maximum atomic E-state index is 13.7. The average Bonchev–Trinajstić information content (AvgIpc) is 3.22. The summed E-state index contributed by atoms with van der Waals surface area (Å²) < 4.78 is 24.7. The van der Waals surface area contributed by atoms with Gasteiger partial charge in [-0.25, -0.2) is 4.39 Å². The molecule has 0 spiro atoms. The summed E-state index contributed by atoms with van der Waals surface area (Å²) in [4.78, 5) is 16.6. The highest BCUT2D eigenvalue weighted by Crippen LogP contribution is 2.29. The minimum atomic E-state index is -0.519. The SMILES string of the molecule is O=C(COc1ccccc1-c1nc(Cc2cccc(Cl)c2)no1)Nc1ccccc1F. The van der Waals surface area contributed by atoms with Crippen LogP contribution in [0.1, 0.15) is 11.4 Å². The van der Waals surface area contributed by atoms with Crippen LogP contribution >= 0.6 is 11.6 Å². The predicted octanol–water partition coefficient (Wildman–Crippen LogP) is 5.14. The van der Waals surface area contributed by atoms with Gasteiger partial charge in [0.1, 0.15) is 11.6 Å². The molecule has 31 heavy (non-hydrogen) atoms. The lowest BCUT2D eigenvalue weighted by Crippen LogP contribution is -2.20. The van der Waals surface area contributed by atoms with E-state index in [1.54, 1.807) is 42.5 Å². The van der Waals surface area contributed by atoms with Gasteiger partial charge in [-0.3, -0.25) is 4.79 Å². The number of nitrogens with zero attached hydrogens (tertiary/aromatic N) is 2. The first-order valence-corrected chi connectivity index (χ1v) is 9.80. The van der Waals surface area contributed by atoms with Gasteiger partial charge in [-0.15, -0.1) is 0 Å². The molecule has 0 saturated heterocycles. The topological polar surface area (TPSA) is 77.2 Å². The van der Waals surface area contributed by atoms with Crippen molar-refractivity contribution in [2.75, 3.05) is 11.9 Å². The summed E-state index contributed by atoms with van der Waals surface area (Å²) in [6.07, 6.45) is 0.456. The molecular weight excluding hydrogens is 421 g/mol. The van der Waals surface area contributed by atoms with E-state index in [0.717, 1.165) is 5.56 Å². The lowest BCUT2D eigenvalue weighted by atomic mass is 10.1. The van der Waals surface area contributed by atoms with Gasteiger partial charge in [0, 0.05) is 11.4 Å². The van der Waals surface area contributed by atoms with Crippen molar-refractivity contribution in [2.24, 2.45) is 0 Å². The molecule has 1 aromatic heterocycles. The van der Waals surface area contributed by atoms with Crippen molar-refractivity contribution >= 4 is 23.2 Å². The highest BCUT2D eigenvalue weighted by molar-refractivity contribution is 6.30. The molecule has 0 saturated carbocycles. The Morgan fingerprint density at radius 3 is 2.71 bits per heavy atom. The third-order valence-electron chi connectivity index (χ3n) is 4.34. The number of benzene rings is 3. The van der Waals surface area contributed by atoms with E-state index in [2.05, 4.69) is 15.5 Å². The van der Waals surface area contributed by atoms with Crippen LogP contribution in [0.25, 0.3) is 11.5 Å². The van der Waals surface area contributed by atoms with Gasteiger partial charge in [-0.1, -0.05) is 53.2 Å². The lowest BCUT2D eigenvalue weighted by molar-refractivity contribution is -0.118. The second kappa shape index (κ2) is 9.40. The number of hydrogen-bond donors (Lipinski definition) is 1. The smallest absolute Gasteiger partial charge is 0.262 e. The first-order chi connectivity index (χ1) is 15.1. The number of ether oxygens (including phenoxy) is 1. The molecule has 0 fully saturated rings. The molecule has 8 heteroatoms. The molecule has 1 amide bonds. The number of amides is 1. The second-order valence-corrected chi connectivity index (χ2v) is 7.07. The van der Waals surface area contributed by atoms with Crippen LogP contribution < -0.4 is 10.1 Å². The minimum Gasteiger partial charge on any atom is -0.483 e. The number of anilines is 1. The number of hydrogen-bond acceptors (Lipinski definition) is 5. The van der Waals surface area contributed by atoms with E-state index in [1.807, 2.05) is 18.2 Å². The minimum absolute atomic E-state index is 0.0898. The number of carbonyl (C=O) groups is 1. The Morgan fingerprint density at radius 1 is 1.06 bits per heavy atom. The molecule has 1 N–H and O–H groups in total. The van der Waals surface area contributed by atoms with E-state index in [9.17, 15) is 9.18 Å². The Hall–Kier alpha value is -3.71. The van der Waals surface area contributed by atoms with Crippen molar-refractivity contribution in [3.05, 3.63) is 95.0 Å². The zero-order valence-electron chi connectivity index (χ0n) is 16.2. The normalized spacial score (nSPS) is 10.6. The predicted molar refractivity (Wildman–Crippen MR) is 115 cm³/mol. The first kappa shape index (κ1) is 20.6. The van der Waals surface area contributed by atoms with Crippen molar-refractivity contribution in [1.29, 1.82) is 0 Å². The van der Waals surface area contributed by atoms with Gasteiger partial charge in [0.25, 0.3) is 11.8 Å². The van der Waals surface area contributed by atoms with E-state index < -0.39 is 11.7 Å². The summed E-state index contributed by atoms with van der Waals surface area (Å²) >= 11 is 6.02. The molecular formula is C23H17ClFN3O3. The molecule has 0 radical (unpaired) electrons. The van der Waals surface area contributed by atoms with Crippen molar-refractivity contribution in [1.82, 2.24) is 10.1 Å². The summed E-state index contributed by atoms with van der Waals surface area (Å²) in [7, 11) is 0. The number of rotatable bonds is 7. The Labute approximate surface area is 182 Å². The van der Waals surface area contributed by atoms with Crippen molar-refractivity contribution in [3.63, 3.8) is 0 Å². The zero-order valence-corrected chi connectivity index (χ0v) is 17.0. The molecule has 0 aliphatic heterocycles. The van der Waals surface area contributed by atoms with E-state index in [4.69, 9.17) is 20.9 Å². The fourth-order valence-corrected chi connectivity index (χ4v) is 3.14. The maximum Gasteiger partial charge on any atom is 0.262 e. The molecule has 1 heterocycles. The van der Waals surface area contributed by atoms with E-state index in [1.165, 1.54) is 12.1 Å². The summed E-state index contributed by atoms with van der Waals surface area (Å²) in [5.41, 5.74) is 1.59. The van der Waals surface area contributed by atoms with Crippen LogP contribution in [0.5, 0.6) is 5.75 Å². The van der Waals surface area contributed by atoms with Crippen LogP contribution in [0.4, 0.5) is 10.1 Å². The quantitative estimate of drug-likeness (QED) is 0.433. The number of para-hydroxylation sites is 2. The highest BCUT2D eigenvalue weighted by Gasteiger charge is 2.15. The Kier molecular flexibility index (Phi) is 6.24. The van der Waals surface area contributed by atoms with Gasteiger partial charge in [0.2, 0.25) is 0 Å². The monoisotopic (exact) mass is 437 g/mol. The third-order valence-corrected chi connectivity index (χ3v) is 4.58. The van der Waals surface area contributed by atoms with Crippen LogP contribution in [0.2, 0.25) is 5.02 Å². The van der Waals surface area contributed by atoms with Crippen LogP contribution in [-0.2, 0) is 11.2 Å². The van der Waals surface area contributed by atoms with Crippen molar-refractivity contribution < 1.29 is 18.4 Å². The largest absolute Gasteiger partial charge is 0.483 e. The van der Waals surface area contributed by atoms with Crippen molar-refractivity contribution in [3.8, 4) is 17.2 Å². The average molecular weight is 438 g/mol. The van der Waals surface area contributed by atoms with Gasteiger partial charge in [0.15, 0.2) is 12.4 Å². The molecule has 4 rings (SSSR count). The summed E-state index contributed by atoms with van der Waals surface area (Å²) in [5.74, 6) is 0.136. The number of aromatic nitrogens is 2. The molecule has 3 aromatic carbocycles. The van der Waals surface area contributed by atoms with Gasteiger partial charge < -0.3 is 14.6 Å². The van der Waals surface area contributed by atoms with Crippen LogP contribution in [0.3, 0.4) is 0 Å². The second-order valence-electron chi connectivity index (χ2n) is 6.64. The maximum absolute atomic E-state index is 13.7. The van der Waals surface area contributed by atoms with Crippen molar-refractivity contribution in [2.45, 2.75) is 6.42 Å². The molecule has 4 aromatic rings. The van der Waals surface area contributed by atoms with Gasteiger partial charge >= 0.3 is 0 Å². The number of nitrogens with one attached hydrogen (secondary N) is 1. The molecule has 156 valence electrons. The molecule has 0 unspecified atom stereocenters. The Bertz CT molecular complexity index is 1210. The molecule has 0 atom stereocenters. The molecule has 6 nitrogen and oxygen atoms in total. The fraction of sp³-hybridized carbons (Fsp3) is 0.0870. The number of carbonyl (C=O) groups excluding carboxylic acids is 1. The molecule has 0 aliphatic carbocycles. The Morgan fingerprint density at radius 2 is 1.87 bits per heavy atom. The van der Waals surface area contributed by atoms with Gasteiger partial charge in [0.05, 0.1) is 11.3 Å². The number of halogens is 2. The molecule has 0 bridgehead atoms. The van der Waals surface area contributed by atoms with Gasteiger partial charge in [-0.2, -0.15) is 4.98 Å². The van der Waals surface area contributed by atoms with E-state index in [0.29, 0.717) is 28.6 Å². The third kappa shape index (κ3) is 5.26. The fourth-order valence-electron chi connectivity index (χ4n) is 2.93. The highest BCUT2D eigenvalue weighted by atomic mass is 35.5. The summed E-state index contributed by atoms with van der Waals surface area (Å²) in [6.45, 7) is -0.311. The zero-order chi connectivity index (χ0) is 21.6. The lowest BCUT2D eigenvalue weighted by Gasteiger charge is -2.10. The van der Waals surface area contributed by atoms with E-state index in [-0.39, 0.29) is 18.2 Å². The van der Waals surface area contributed by atoms with Gasteiger partial charge in [-0.05, 0) is 42.0 Å². The molecule has 0 aliphatic rings. The standard InChI is InChI=1S/C23H17ClFN3O3/c24-16-7-5-6-15(12-16)13-21-27-23(31-28-21)17-8-1-4-11-20(17)30-14-22(29)26-19-10-3-2-9-18(19)25/h1-12H,13-14H2,(H,26,29). The van der Waals surface area contributed by atoms with E-state index >= 15 is 0 Å². The van der Waals surface area contributed by atoms with Crippen LogP contribution in [-0.4, -0.2) is 22.7 Å². The summed E-state index contributed by atoms with van der Waals surface area (Å²) in [5, 5.41) is 7.12.